The van der Waals surface area contributed by atoms with E-state index in [9.17, 15) is 4.79 Å². The summed E-state index contributed by atoms with van der Waals surface area (Å²) in [5.41, 5.74) is 3.35. The summed E-state index contributed by atoms with van der Waals surface area (Å²) >= 11 is 0. The molecule has 28 heavy (non-hydrogen) atoms. The third kappa shape index (κ3) is 4.02. The van der Waals surface area contributed by atoms with Crippen LogP contribution in [0.15, 0.2) is 66.7 Å². The predicted octanol–water partition coefficient (Wildman–Crippen LogP) is 4.40. The first-order valence-electron chi connectivity index (χ1n) is 9.89. The Labute approximate surface area is 165 Å². The van der Waals surface area contributed by atoms with Crippen LogP contribution < -0.4 is 10.2 Å². The van der Waals surface area contributed by atoms with Gasteiger partial charge in [-0.25, -0.2) is 0 Å². The number of carboxylic acids is 1. The third-order valence-electron chi connectivity index (χ3n) is 5.62. The smallest absolute Gasteiger partial charge is 0.307 e. The highest BCUT2D eigenvalue weighted by atomic mass is 16.4. The fraction of sp³-hybridized carbons (Fsp3) is 0.292. The molecular weight excluding hydrogens is 348 g/mol. The largest absolute Gasteiger partial charge is 0.481 e. The van der Waals surface area contributed by atoms with Gasteiger partial charge >= 0.3 is 5.97 Å². The molecular formula is C24H26N2O2. The number of aliphatic carboxylic acids is 1. The second-order valence-corrected chi connectivity index (χ2v) is 7.63. The van der Waals surface area contributed by atoms with Gasteiger partial charge in [-0.05, 0) is 47.4 Å². The van der Waals surface area contributed by atoms with Crippen LogP contribution >= 0.6 is 0 Å². The van der Waals surface area contributed by atoms with Crippen molar-refractivity contribution in [2.75, 3.05) is 18.0 Å². The van der Waals surface area contributed by atoms with Crippen LogP contribution in [0.3, 0.4) is 0 Å². The molecule has 1 heterocycles. The Morgan fingerprint density at radius 3 is 2.64 bits per heavy atom. The molecule has 144 valence electrons. The van der Waals surface area contributed by atoms with E-state index in [-0.39, 0.29) is 12.5 Å². The molecule has 4 rings (SSSR count). The van der Waals surface area contributed by atoms with E-state index in [1.165, 1.54) is 16.3 Å². The van der Waals surface area contributed by atoms with Crippen molar-refractivity contribution in [3.05, 3.63) is 77.9 Å². The van der Waals surface area contributed by atoms with Crippen molar-refractivity contribution in [3.8, 4) is 0 Å². The second kappa shape index (κ2) is 8.03. The zero-order valence-electron chi connectivity index (χ0n) is 16.1. The molecule has 1 aliphatic rings. The average Bonchev–Trinajstić information content (AvgIpc) is 3.16. The van der Waals surface area contributed by atoms with Crippen LogP contribution in [-0.2, 0) is 11.2 Å². The molecule has 1 saturated heterocycles. The van der Waals surface area contributed by atoms with E-state index >= 15 is 0 Å². The Hall–Kier alpha value is -2.85. The SMILES string of the molecule is CC(NC1CCN(c2ccc(CC(=O)O)cc2)C1)c1cccc2ccccc12. The molecule has 4 nitrogen and oxygen atoms in total. The van der Waals surface area contributed by atoms with Gasteiger partial charge in [-0.2, -0.15) is 0 Å². The van der Waals surface area contributed by atoms with E-state index in [0.717, 1.165) is 30.8 Å². The first-order valence-corrected chi connectivity index (χ1v) is 9.89. The summed E-state index contributed by atoms with van der Waals surface area (Å²) in [4.78, 5) is 13.2. The summed E-state index contributed by atoms with van der Waals surface area (Å²) in [5.74, 6) is -0.791. The monoisotopic (exact) mass is 374 g/mol. The number of benzene rings is 3. The molecule has 4 heteroatoms. The normalized spacial score (nSPS) is 17.8. The maximum atomic E-state index is 10.8. The highest BCUT2D eigenvalue weighted by molar-refractivity contribution is 5.86. The maximum absolute atomic E-state index is 10.8. The van der Waals surface area contributed by atoms with Crippen molar-refractivity contribution >= 4 is 22.4 Å². The Morgan fingerprint density at radius 1 is 1.11 bits per heavy atom. The zero-order chi connectivity index (χ0) is 19.5. The van der Waals surface area contributed by atoms with Gasteiger partial charge in [0.05, 0.1) is 6.42 Å². The van der Waals surface area contributed by atoms with E-state index in [1.54, 1.807) is 0 Å². The van der Waals surface area contributed by atoms with E-state index in [0.29, 0.717) is 6.04 Å². The van der Waals surface area contributed by atoms with Crippen LogP contribution in [-0.4, -0.2) is 30.2 Å². The second-order valence-electron chi connectivity index (χ2n) is 7.63. The lowest BCUT2D eigenvalue weighted by atomic mass is 9.99. The fourth-order valence-electron chi connectivity index (χ4n) is 4.20. The summed E-state index contributed by atoms with van der Waals surface area (Å²) in [6.45, 7) is 4.22. The number of carbonyl (C=O) groups is 1. The van der Waals surface area contributed by atoms with Crippen molar-refractivity contribution in [2.45, 2.75) is 31.8 Å². The molecule has 1 fully saturated rings. The number of rotatable bonds is 6. The summed E-state index contributed by atoms with van der Waals surface area (Å²) in [6, 6.07) is 23.7. The topological polar surface area (TPSA) is 52.6 Å². The first-order chi connectivity index (χ1) is 13.6. The lowest BCUT2D eigenvalue weighted by Crippen LogP contribution is -2.34. The summed E-state index contributed by atoms with van der Waals surface area (Å²) in [7, 11) is 0. The summed E-state index contributed by atoms with van der Waals surface area (Å²) in [5, 5.41) is 15.3. The molecule has 1 aliphatic heterocycles. The molecule has 2 unspecified atom stereocenters. The van der Waals surface area contributed by atoms with Crippen LogP contribution in [0.5, 0.6) is 0 Å². The molecule has 0 saturated carbocycles. The number of anilines is 1. The quantitative estimate of drug-likeness (QED) is 0.672. The van der Waals surface area contributed by atoms with Crippen molar-refractivity contribution in [2.24, 2.45) is 0 Å². The van der Waals surface area contributed by atoms with Gasteiger partial charge in [0.15, 0.2) is 0 Å². The predicted molar refractivity (Wildman–Crippen MR) is 114 cm³/mol. The van der Waals surface area contributed by atoms with Gasteiger partial charge in [0.25, 0.3) is 0 Å². The average molecular weight is 374 g/mol. The number of hydrogen-bond acceptors (Lipinski definition) is 3. The molecule has 2 atom stereocenters. The Morgan fingerprint density at radius 2 is 1.86 bits per heavy atom. The van der Waals surface area contributed by atoms with E-state index in [1.807, 2.05) is 24.3 Å². The molecule has 0 aliphatic carbocycles. The van der Waals surface area contributed by atoms with Gasteiger partial charge in [0.1, 0.15) is 0 Å². The Balaban J connectivity index is 1.41. The Kier molecular flexibility index (Phi) is 5.31. The van der Waals surface area contributed by atoms with E-state index < -0.39 is 5.97 Å². The number of fused-ring (bicyclic) bond motifs is 1. The van der Waals surface area contributed by atoms with Crippen LogP contribution in [0.2, 0.25) is 0 Å². The lowest BCUT2D eigenvalue weighted by molar-refractivity contribution is -0.136. The maximum Gasteiger partial charge on any atom is 0.307 e. The van der Waals surface area contributed by atoms with Gasteiger partial charge in [0.2, 0.25) is 0 Å². The minimum Gasteiger partial charge on any atom is -0.481 e. The number of nitrogens with zero attached hydrogens (tertiary/aromatic N) is 1. The molecule has 0 amide bonds. The number of nitrogens with one attached hydrogen (secondary N) is 1. The van der Waals surface area contributed by atoms with Crippen LogP contribution in [0.25, 0.3) is 10.8 Å². The molecule has 2 N–H and O–H groups in total. The minimum atomic E-state index is -0.791. The van der Waals surface area contributed by atoms with Crippen molar-refractivity contribution in [1.29, 1.82) is 0 Å². The molecule has 0 bridgehead atoms. The minimum absolute atomic E-state index is 0.0764. The molecule has 3 aromatic carbocycles. The lowest BCUT2D eigenvalue weighted by Gasteiger charge is -2.23. The molecule has 0 radical (unpaired) electrons. The molecule has 0 aromatic heterocycles. The van der Waals surface area contributed by atoms with Gasteiger partial charge in [-0.1, -0.05) is 54.6 Å². The number of hydrogen-bond donors (Lipinski definition) is 2. The van der Waals surface area contributed by atoms with Crippen molar-refractivity contribution < 1.29 is 9.90 Å². The van der Waals surface area contributed by atoms with Crippen molar-refractivity contribution in [3.63, 3.8) is 0 Å². The first kappa shape index (κ1) is 18.5. The van der Waals surface area contributed by atoms with Crippen LogP contribution in [0.1, 0.15) is 30.5 Å². The van der Waals surface area contributed by atoms with Gasteiger partial charge in [-0.3, -0.25) is 4.79 Å². The van der Waals surface area contributed by atoms with Crippen molar-refractivity contribution in [1.82, 2.24) is 5.32 Å². The van der Waals surface area contributed by atoms with Crippen LogP contribution in [0.4, 0.5) is 5.69 Å². The zero-order valence-corrected chi connectivity index (χ0v) is 16.1. The van der Waals surface area contributed by atoms with Gasteiger partial charge < -0.3 is 15.3 Å². The third-order valence-corrected chi connectivity index (χ3v) is 5.62. The molecule has 3 aromatic rings. The van der Waals surface area contributed by atoms with Gasteiger partial charge in [-0.15, -0.1) is 0 Å². The fourth-order valence-corrected chi connectivity index (χ4v) is 4.20. The highest BCUT2D eigenvalue weighted by Gasteiger charge is 2.24. The van der Waals surface area contributed by atoms with Crippen LogP contribution in [0, 0.1) is 0 Å². The summed E-state index contributed by atoms with van der Waals surface area (Å²) < 4.78 is 0. The van der Waals surface area contributed by atoms with E-state index in [4.69, 9.17) is 5.11 Å². The number of carboxylic acid groups (broad SMARTS) is 1. The summed E-state index contributed by atoms with van der Waals surface area (Å²) in [6.07, 6.45) is 1.18. The standard InChI is InChI=1S/C24H26N2O2/c1-17(22-8-4-6-19-5-2-3-7-23(19)22)25-20-13-14-26(16-20)21-11-9-18(10-12-21)15-24(27)28/h2-12,17,20,25H,13-16H2,1H3,(H,27,28). The van der Waals surface area contributed by atoms with E-state index in [2.05, 4.69) is 59.6 Å². The Bertz CT molecular complexity index is 963. The van der Waals surface area contributed by atoms with Gasteiger partial charge in [0, 0.05) is 30.9 Å². The molecule has 0 spiro atoms. The highest BCUT2D eigenvalue weighted by Crippen LogP contribution is 2.26.